The number of pyridine rings is 1. The maximum absolute atomic E-state index is 12.9. The Bertz CT molecular complexity index is 1030. The molecule has 0 spiro atoms. The van der Waals surface area contributed by atoms with Gasteiger partial charge in [0.15, 0.2) is 0 Å². The summed E-state index contributed by atoms with van der Waals surface area (Å²) in [5.74, 6) is -0.228. The predicted octanol–water partition coefficient (Wildman–Crippen LogP) is 2.90. The van der Waals surface area contributed by atoms with Crippen LogP contribution in [0, 0.1) is 0 Å². The van der Waals surface area contributed by atoms with Crippen LogP contribution in [-0.4, -0.2) is 53.3 Å². The lowest BCUT2D eigenvalue weighted by Crippen LogP contribution is -2.17. The molecule has 7 heteroatoms. The number of nitrogens with one attached hydrogen (secondary N) is 1. The van der Waals surface area contributed by atoms with Crippen molar-refractivity contribution in [2.45, 2.75) is 20.0 Å². The molecule has 3 rings (SSSR count). The minimum Gasteiger partial charge on any atom is -0.507 e. The molecule has 3 aromatic rings. The fourth-order valence-electron chi connectivity index (χ4n) is 3.71. The third-order valence-electron chi connectivity index (χ3n) is 4.96. The van der Waals surface area contributed by atoms with E-state index in [1.165, 1.54) is 0 Å². The second kappa shape index (κ2) is 8.63. The zero-order valence-electron chi connectivity index (χ0n) is 17.6. The molecule has 0 aliphatic rings. The van der Waals surface area contributed by atoms with Gasteiger partial charge >= 0.3 is 5.97 Å². The minimum absolute atomic E-state index is 0.146. The highest BCUT2D eigenvalue weighted by atomic mass is 16.5. The van der Waals surface area contributed by atoms with E-state index in [9.17, 15) is 9.90 Å². The molecule has 29 heavy (non-hydrogen) atoms. The number of aromatic nitrogens is 2. The summed E-state index contributed by atoms with van der Waals surface area (Å²) < 4.78 is 7.39. The number of esters is 1. The van der Waals surface area contributed by atoms with Crippen molar-refractivity contribution in [2.75, 3.05) is 27.7 Å². The molecule has 2 N–H and O–H groups in total. The molecule has 7 nitrogen and oxygen atoms in total. The highest BCUT2D eigenvalue weighted by Crippen LogP contribution is 2.41. The van der Waals surface area contributed by atoms with Gasteiger partial charge in [0.2, 0.25) is 0 Å². The fourth-order valence-corrected chi connectivity index (χ4v) is 3.71. The Morgan fingerprint density at radius 2 is 2.14 bits per heavy atom. The number of aromatic hydroxyl groups is 1. The van der Waals surface area contributed by atoms with Crippen molar-refractivity contribution < 1.29 is 14.6 Å². The Balaban J connectivity index is 2.41. The van der Waals surface area contributed by atoms with Crippen LogP contribution in [0.15, 0.2) is 30.6 Å². The molecule has 0 amide bonds. The van der Waals surface area contributed by atoms with Crippen molar-refractivity contribution in [2.24, 2.45) is 7.05 Å². The van der Waals surface area contributed by atoms with Crippen LogP contribution >= 0.6 is 0 Å². The predicted molar refractivity (Wildman–Crippen MR) is 114 cm³/mol. The van der Waals surface area contributed by atoms with Crippen molar-refractivity contribution >= 4 is 16.9 Å². The Kier molecular flexibility index (Phi) is 6.20. The van der Waals surface area contributed by atoms with Crippen LogP contribution in [0.2, 0.25) is 0 Å². The number of aryl methyl sites for hydroxylation is 1. The maximum atomic E-state index is 12.9. The summed E-state index contributed by atoms with van der Waals surface area (Å²) >= 11 is 0. The Morgan fingerprint density at radius 3 is 2.72 bits per heavy atom. The van der Waals surface area contributed by atoms with Crippen molar-refractivity contribution in [1.29, 1.82) is 0 Å². The van der Waals surface area contributed by atoms with Gasteiger partial charge in [0, 0.05) is 60.3 Å². The normalized spacial score (nSPS) is 11.4. The SMILES string of the molecule is CCOC(=O)c1c(CN(C)C)n(C)c2cc(-c3cccnc3)c(O)c(CNC)c12. The number of rotatable bonds is 7. The standard InChI is InChI=1S/C22H28N4O3/c1-6-29-22(28)20-18(13-25(3)4)26(5)17-10-15(14-8-7-9-24-11-14)21(27)16(12-23-2)19(17)20/h7-11,23,27H,6,12-13H2,1-5H3. The van der Waals surface area contributed by atoms with Crippen LogP contribution in [0.25, 0.3) is 22.0 Å². The Labute approximate surface area is 170 Å². The van der Waals surface area contributed by atoms with Gasteiger partial charge in [-0.3, -0.25) is 4.98 Å². The van der Waals surface area contributed by atoms with E-state index in [0.717, 1.165) is 22.2 Å². The maximum Gasteiger partial charge on any atom is 0.340 e. The molecule has 2 heterocycles. The van der Waals surface area contributed by atoms with Gasteiger partial charge in [-0.2, -0.15) is 0 Å². The van der Waals surface area contributed by atoms with E-state index in [-0.39, 0.29) is 18.3 Å². The molecular formula is C22H28N4O3. The van der Waals surface area contributed by atoms with Gasteiger partial charge in [-0.25, -0.2) is 4.79 Å². The van der Waals surface area contributed by atoms with Crippen LogP contribution in [-0.2, 0) is 24.9 Å². The number of ether oxygens (including phenoxy) is 1. The van der Waals surface area contributed by atoms with E-state index in [4.69, 9.17) is 4.74 Å². The van der Waals surface area contributed by atoms with Gasteiger partial charge in [-0.1, -0.05) is 6.07 Å². The third kappa shape index (κ3) is 3.83. The monoisotopic (exact) mass is 396 g/mol. The van der Waals surface area contributed by atoms with Crippen molar-refractivity contribution in [3.8, 4) is 16.9 Å². The van der Waals surface area contributed by atoms with Crippen LogP contribution < -0.4 is 5.32 Å². The van der Waals surface area contributed by atoms with Gasteiger partial charge in [0.05, 0.1) is 17.7 Å². The quantitative estimate of drug-likeness (QED) is 0.598. The molecular weight excluding hydrogens is 368 g/mol. The number of phenols is 1. The smallest absolute Gasteiger partial charge is 0.340 e. The molecule has 154 valence electrons. The summed E-state index contributed by atoms with van der Waals surface area (Å²) in [6, 6.07) is 5.67. The molecule has 0 atom stereocenters. The van der Waals surface area contributed by atoms with E-state index in [0.29, 0.717) is 29.8 Å². The lowest BCUT2D eigenvalue weighted by molar-refractivity contribution is 0.0526. The van der Waals surface area contributed by atoms with Gasteiger partial charge in [0.25, 0.3) is 0 Å². The molecule has 0 unspecified atom stereocenters. The van der Waals surface area contributed by atoms with Crippen molar-refractivity contribution in [3.05, 3.63) is 47.4 Å². The summed E-state index contributed by atoms with van der Waals surface area (Å²) in [5.41, 5.74) is 4.40. The fraction of sp³-hybridized carbons (Fsp3) is 0.364. The second-order valence-corrected chi connectivity index (χ2v) is 7.26. The lowest BCUT2D eigenvalue weighted by Gasteiger charge is -2.13. The van der Waals surface area contributed by atoms with Crippen LogP contribution in [0.5, 0.6) is 5.75 Å². The van der Waals surface area contributed by atoms with E-state index in [2.05, 4.69) is 10.3 Å². The topological polar surface area (TPSA) is 79.6 Å². The van der Waals surface area contributed by atoms with Gasteiger partial charge < -0.3 is 24.6 Å². The Morgan fingerprint density at radius 1 is 1.38 bits per heavy atom. The summed E-state index contributed by atoms with van der Waals surface area (Å²) in [5, 5.41) is 15.0. The molecule has 0 bridgehead atoms. The number of hydrogen-bond donors (Lipinski definition) is 2. The first-order chi connectivity index (χ1) is 13.9. The number of phenolic OH excluding ortho intramolecular Hbond substituents is 1. The molecule has 2 aromatic heterocycles. The first-order valence-electron chi connectivity index (χ1n) is 9.63. The van der Waals surface area contributed by atoms with E-state index < -0.39 is 0 Å². The highest BCUT2D eigenvalue weighted by molar-refractivity contribution is 6.09. The van der Waals surface area contributed by atoms with Gasteiger partial charge in [-0.05, 0) is 40.2 Å². The molecule has 0 saturated carbocycles. The average Bonchev–Trinajstić information content (AvgIpc) is 2.96. The number of hydrogen-bond acceptors (Lipinski definition) is 6. The number of carbonyl (C=O) groups excluding carboxylic acids is 1. The van der Waals surface area contributed by atoms with Crippen LogP contribution in [0.4, 0.5) is 0 Å². The summed E-state index contributed by atoms with van der Waals surface area (Å²) in [6.45, 7) is 3.06. The second-order valence-electron chi connectivity index (χ2n) is 7.26. The third-order valence-corrected chi connectivity index (χ3v) is 4.96. The highest BCUT2D eigenvalue weighted by Gasteiger charge is 2.27. The summed E-state index contributed by atoms with van der Waals surface area (Å²) in [4.78, 5) is 19.1. The number of benzene rings is 1. The van der Waals surface area contributed by atoms with Gasteiger partial charge in [0.1, 0.15) is 5.75 Å². The van der Waals surface area contributed by atoms with Crippen molar-refractivity contribution in [1.82, 2.24) is 19.8 Å². The number of fused-ring (bicyclic) bond motifs is 1. The molecule has 0 aliphatic carbocycles. The van der Waals surface area contributed by atoms with E-state index in [1.54, 1.807) is 19.3 Å². The van der Waals surface area contributed by atoms with E-state index >= 15 is 0 Å². The summed E-state index contributed by atoms with van der Waals surface area (Å²) in [6.07, 6.45) is 3.42. The zero-order valence-corrected chi connectivity index (χ0v) is 17.6. The number of carbonyl (C=O) groups is 1. The minimum atomic E-state index is -0.374. The van der Waals surface area contributed by atoms with Crippen molar-refractivity contribution in [3.63, 3.8) is 0 Å². The largest absolute Gasteiger partial charge is 0.507 e. The Hall–Kier alpha value is -2.90. The molecule has 1 aromatic carbocycles. The first-order valence-corrected chi connectivity index (χ1v) is 9.63. The lowest BCUT2D eigenvalue weighted by atomic mass is 9.96. The molecule has 0 fully saturated rings. The zero-order chi connectivity index (χ0) is 21.1. The van der Waals surface area contributed by atoms with Crippen LogP contribution in [0.3, 0.4) is 0 Å². The molecule has 0 radical (unpaired) electrons. The molecule has 0 aliphatic heterocycles. The molecule has 0 saturated heterocycles. The average molecular weight is 396 g/mol. The van der Waals surface area contributed by atoms with Crippen LogP contribution in [0.1, 0.15) is 28.5 Å². The first kappa shape index (κ1) is 20.8. The number of nitrogens with zero attached hydrogens (tertiary/aromatic N) is 3. The van der Waals surface area contributed by atoms with E-state index in [1.807, 2.05) is 55.9 Å². The summed E-state index contributed by atoms with van der Waals surface area (Å²) in [7, 11) is 7.67. The van der Waals surface area contributed by atoms with Gasteiger partial charge in [-0.15, -0.1) is 0 Å².